The molecule has 2 rings (SSSR count). The third-order valence-corrected chi connectivity index (χ3v) is 4.56. The maximum Gasteiger partial charge on any atom is 0.240 e. The maximum absolute atomic E-state index is 12.5. The normalized spacial score (nSPS) is 25.0. The van der Waals surface area contributed by atoms with E-state index < -0.39 is 0 Å². The molecule has 1 unspecified atom stereocenters. The Labute approximate surface area is 141 Å². The summed E-state index contributed by atoms with van der Waals surface area (Å²) in [5.74, 6) is 0.136. The predicted octanol–water partition coefficient (Wildman–Crippen LogP) is 2.29. The van der Waals surface area contributed by atoms with Gasteiger partial charge in [-0.05, 0) is 44.2 Å². The number of halogens is 2. The zero-order valence-corrected chi connectivity index (χ0v) is 15.1. The van der Waals surface area contributed by atoms with Crippen LogP contribution < -0.4 is 5.73 Å². The van der Waals surface area contributed by atoms with Crippen molar-refractivity contribution in [2.75, 3.05) is 26.2 Å². The van der Waals surface area contributed by atoms with E-state index in [0.29, 0.717) is 6.04 Å². The third-order valence-electron chi connectivity index (χ3n) is 4.56. The quantitative estimate of drug-likeness (QED) is 0.839. The molecule has 0 bridgehead atoms. The summed E-state index contributed by atoms with van der Waals surface area (Å²) in [5, 5.41) is 0. The average Bonchev–Trinajstić information content (AvgIpc) is 2.90. The van der Waals surface area contributed by atoms with Gasteiger partial charge in [-0.3, -0.25) is 9.69 Å². The minimum atomic E-state index is -0.384. The van der Waals surface area contributed by atoms with Gasteiger partial charge in [0.25, 0.3) is 0 Å². The first-order chi connectivity index (χ1) is 8.89. The molecular weight excluding hydrogens is 309 g/mol. The van der Waals surface area contributed by atoms with E-state index in [4.69, 9.17) is 5.73 Å². The van der Waals surface area contributed by atoms with Crippen molar-refractivity contribution in [3.05, 3.63) is 0 Å². The van der Waals surface area contributed by atoms with Crippen LogP contribution in [0.15, 0.2) is 0 Å². The van der Waals surface area contributed by atoms with Gasteiger partial charge in [0.1, 0.15) is 0 Å². The molecule has 2 saturated heterocycles. The molecule has 0 aromatic rings. The highest BCUT2D eigenvalue weighted by molar-refractivity contribution is 5.85. The van der Waals surface area contributed by atoms with E-state index in [1.54, 1.807) is 0 Å². The van der Waals surface area contributed by atoms with Gasteiger partial charge in [0.15, 0.2) is 0 Å². The number of rotatable bonds is 2. The van der Waals surface area contributed by atoms with Crippen LogP contribution >= 0.6 is 24.8 Å². The molecule has 4 nitrogen and oxygen atoms in total. The van der Waals surface area contributed by atoms with Gasteiger partial charge in [-0.15, -0.1) is 24.8 Å². The van der Waals surface area contributed by atoms with Crippen molar-refractivity contribution in [2.45, 2.75) is 58.5 Å². The summed E-state index contributed by atoms with van der Waals surface area (Å²) in [5.41, 5.74) is 5.96. The fraction of sp³-hybridized carbons (Fsp3) is 0.933. The lowest BCUT2D eigenvalue weighted by Gasteiger charge is -2.40. The van der Waals surface area contributed by atoms with Gasteiger partial charge in [-0.1, -0.05) is 20.8 Å². The molecule has 6 heteroatoms. The number of carbonyl (C=O) groups is 1. The summed E-state index contributed by atoms with van der Waals surface area (Å²) in [4.78, 5) is 17.0. The molecule has 126 valence electrons. The van der Waals surface area contributed by atoms with Crippen LogP contribution in [0, 0.1) is 5.41 Å². The predicted molar refractivity (Wildman–Crippen MR) is 92.3 cm³/mol. The number of nitrogens with two attached hydrogens (primary N) is 1. The Morgan fingerprint density at radius 1 is 1.10 bits per heavy atom. The molecule has 0 saturated carbocycles. The van der Waals surface area contributed by atoms with Crippen molar-refractivity contribution in [2.24, 2.45) is 11.1 Å². The Morgan fingerprint density at radius 3 is 2.19 bits per heavy atom. The van der Waals surface area contributed by atoms with Crippen LogP contribution in [0.1, 0.15) is 46.5 Å². The fourth-order valence-electron chi connectivity index (χ4n) is 3.13. The molecule has 0 spiro atoms. The molecule has 0 radical (unpaired) electrons. The van der Waals surface area contributed by atoms with Crippen molar-refractivity contribution in [3.8, 4) is 0 Å². The van der Waals surface area contributed by atoms with Crippen molar-refractivity contribution in [1.82, 2.24) is 9.80 Å². The Morgan fingerprint density at radius 2 is 1.67 bits per heavy atom. The lowest BCUT2D eigenvalue weighted by Crippen LogP contribution is -2.56. The highest BCUT2D eigenvalue weighted by Crippen LogP contribution is 2.24. The lowest BCUT2D eigenvalue weighted by molar-refractivity contribution is -0.137. The zero-order valence-electron chi connectivity index (χ0n) is 13.5. The monoisotopic (exact) mass is 339 g/mol. The van der Waals surface area contributed by atoms with E-state index in [-0.39, 0.29) is 42.2 Å². The SMILES string of the molecule is CC(C)(C)[C@H](N)C(=O)N1CCCC(N2CCCC2)C1.Cl.Cl. The smallest absolute Gasteiger partial charge is 0.240 e. The van der Waals surface area contributed by atoms with Crippen molar-refractivity contribution < 1.29 is 4.79 Å². The zero-order chi connectivity index (χ0) is 14.0. The van der Waals surface area contributed by atoms with Crippen LogP contribution in [0.4, 0.5) is 0 Å². The van der Waals surface area contributed by atoms with Crippen molar-refractivity contribution in [1.29, 1.82) is 0 Å². The second-order valence-electron chi connectivity index (χ2n) is 7.17. The molecule has 2 fully saturated rings. The van der Waals surface area contributed by atoms with Gasteiger partial charge in [-0.25, -0.2) is 0 Å². The topological polar surface area (TPSA) is 49.6 Å². The summed E-state index contributed by atoms with van der Waals surface area (Å²) in [6, 6.07) is 0.178. The van der Waals surface area contributed by atoms with Gasteiger partial charge < -0.3 is 10.6 Å². The second kappa shape index (κ2) is 8.56. The summed E-state index contributed by atoms with van der Waals surface area (Å²) in [6.45, 7) is 10.3. The molecule has 0 aromatic heterocycles. The molecule has 2 atom stereocenters. The number of amides is 1. The molecule has 0 aromatic carbocycles. The van der Waals surface area contributed by atoms with Crippen LogP contribution in [-0.4, -0.2) is 54.0 Å². The summed E-state index contributed by atoms with van der Waals surface area (Å²) in [7, 11) is 0. The van der Waals surface area contributed by atoms with Crippen molar-refractivity contribution in [3.63, 3.8) is 0 Å². The van der Waals surface area contributed by atoms with Crippen LogP contribution in [0.3, 0.4) is 0 Å². The van der Waals surface area contributed by atoms with E-state index in [0.717, 1.165) is 19.5 Å². The minimum absolute atomic E-state index is 0. The van der Waals surface area contributed by atoms with Gasteiger partial charge in [0.2, 0.25) is 5.91 Å². The first-order valence-corrected chi connectivity index (χ1v) is 7.68. The van der Waals surface area contributed by atoms with Gasteiger partial charge in [-0.2, -0.15) is 0 Å². The maximum atomic E-state index is 12.5. The summed E-state index contributed by atoms with van der Waals surface area (Å²) < 4.78 is 0. The number of nitrogens with zero attached hydrogens (tertiary/aromatic N) is 2. The number of hydrogen-bond donors (Lipinski definition) is 1. The second-order valence-corrected chi connectivity index (χ2v) is 7.17. The largest absolute Gasteiger partial charge is 0.340 e. The average molecular weight is 340 g/mol. The molecule has 2 heterocycles. The molecule has 2 N–H and O–H groups in total. The molecule has 0 aliphatic carbocycles. The van der Waals surface area contributed by atoms with E-state index in [9.17, 15) is 4.79 Å². The third kappa shape index (κ3) is 5.27. The first kappa shape index (κ1) is 21.0. The van der Waals surface area contributed by atoms with Crippen molar-refractivity contribution >= 4 is 30.7 Å². The molecule has 21 heavy (non-hydrogen) atoms. The summed E-state index contributed by atoms with van der Waals surface area (Å²) in [6.07, 6.45) is 4.97. The Kier molecular flexibility index (Phi) is 8.55. The van der Waals surface area contributed by atoms with Crippen LogP contribution in [0.25, 0.3) is 0 Å². The Hall–Kier alpha value is -0.0300. The minimum Gasteiger partial charge on any atom is -0.340 e. The fourth-order valence-corrected chi connectivity index (χ4v) is 3.13. The standard InChI is InChI=1S/C15H29N3O.2ClH/c1-15(2,3)13(16)14(19)18-10-6-7-12(11-18)17-8-4-5-9-17;;/h12-13H,4-11,16H2,1-3H3;2*1H/t12?,13-;;/m1../s1. The van der Waals surface area contributed by atoms with Crippen LogP contribution in [0.2, 0.25) is 0 Å². The summed E-state index contributed by atoms with van der Waals surface area (Å²) >= 11 is 0. The first-order valence-electron chi connectivity index (χ1n) is 7.68. The number of likely N-dealkylation sites (tertiary alicyclic amines) is 2. The molecule has 2 aliphatic rings. The van der Waals surface area contributed by atoms with E-state index >= 15 is 0 Å². The van der Waals surface area contributed by atoms with E-state index in [2.05, 4.69) is 4.90 Å². The number of carbonyl (C=O) groups excluding carboxylic acids is 1. The van der Waals surface area contributed by atoms with Gasteiger partial charge in [0.05, 0.1) is 6.04 Å². The lowest BCUT2D eigenvalue weighted by atomic mass is 9.86. The van der Waals surface area contributed by atoms with Crippen LogP contribution in [-0.2, 0) is 4.79 Å². The van der Waals surface area contributed by atoms with Gasteiger partial charge >= 0.3 is 0 Å². The molecule has 2 aliphatic heterocycles. The number of piperidine rings is 1. The number of hydrogen-bond acceptors (Lipinski definition) is 3. The highest BCUT2D eigenvalue weighted by atomic mass is 35.5. The molecule has 1 amide bonds. The Bertz CT molecular complexity index is 327. The van der Waals surface area contributed by atoms with E-state index in [1.807, 2.05) is 25.7 Å². The Balaban J connectivity index is 0.00000200. The van der Waals surface area contributed by atoms with Gasteiger partial charge in [0, 0.05) is 19.1 Å². The van der Waals surface area contributed by atoms with E-state index in [1.165, 1.54) is 32.4 Å². The highest BCUT2D eigenvalue weighted by Gasteiger charge is 2.35. The van der Waals surface area contributed by atoms with Crippen LogP contribution in [0.5, 0.6) is 0 Å². The molecular formula is C15H31Cl2N3O.